The first-order valence-electron chi connectivity index (χ1n) is 11.2. The van der Waals surface area contributed by atoms with E-state index in [-0.39, 0.29) is 30.3 Å². The molecule has 2 heterocycles. The normalized spacial score (nSPS) is 26.2. The topological polar surface area (TPSA) is 43.9 Å². The first kappa shape index (κ1) is 22.5. The van der Waals surface area contributed by atoms with Gasteiger partial charge in [-0.25, -0.2) is 0 Å². The third-order valence-corrected chi connectivity index (χ3v) is 7.63. The number of fused-ring (bicyclic) bond motifs is 1. The number of rotatable bonds is 3. The number of carbonyl (C=O) groups is 2. The molecule has 0 N–H and O–H groups in total. The fourth-order valence-corrected chi connectivity index (χ4v) is 5.86. The van der Waals surface area contributed by atoms with Crippen molar-refractivity contribution < 1.29 is 9.59 Å². The predicted molar refractivity (Wildman–Crippen MR) is 123 cm³/mol. The van der Waals surface area contributed by atoms with Crippen LogP contribution in [0.5, 0.6) is 0 Å². The second-order valence-corrected chi connectivity index (χ2v) is 9.50. The molecule has 1 saturated carbocycles. The molecule has 0 spiro atoms. The molecule has 1 aromatic rings. The second kappa shape index (κ2) is 9.81. The Labute approximate surface area is 194 Å². The lowest BCUT2D eigenvalue weighted by Gasteiger charge is -2.54. The van der Waals surface area contributed by atoms with Crippen LogP contribution in [0.15, 0.2) is 18.2 Å². The van der Waals surface area contributed by atoms with E-state index in [9.17, 15) is 9.59 Å². The number of halogens is 2. The Morgan fingerprint density at radius 3 is 2.39 bits per heavy atom. The SMILES string of the molecule is CC#CC(=O)N1CCN(C(=O)Cc2ccc(Cl)c(Cl)c2)C2C(N3CCCC3)CCCC21. The van der Waals surface area contributed by atoms with Crippen LogP contribution in [0.3, 0.4) is 0 Å². The quantitative estimate of drug-likeness (QED) is 0.645. The van der Waals surface area contributed by atoms with E-state index in [1.165, 1.54) is 12.8 Å². The van der Waals surface area contributed by atoms with E-state index >= 15 is 0 Å². The smallest absolute Gasteiger partial charge is 0.298 e. The van der Waals surface area contributed by atoms with Crippen LogP contribution in [-0.2, 0) is 16.0 Å². The summed E-state index contributed by atoms with van der Waals surface area (Å²) in [5.74, 6) is 5.44. The minimum atomic E-state index is -0.115. The Hall–Kier alpha value is -1.74. The van der Waals surface area contributed by atoms with Crippen molar-refractivity contribution in [3.63, 3.8) is 0 Å². The third kappa shape index (κ3) is 4.72. The van der Waals surface area contributed by atoms with E-state index in [2.05, 4.69) is 16.7 Å². The molecule has 2 aliphatic heterocycles. The summed E-state index contributed by atoms with van der Waals surface area (Å²) in [5, 5.41) is 0.953. The van der Waals surface area contributed by atoms with Crippen LogP contribution in [0.4, 0.5) is 0 Å². The maximum atomic E-state index is 13.5. The summed E-state index contributed by atoms with van der Waals surface area (Å²) in [7, 11) is 0. The maximum absolute atomic E-state index is 13.5. The minimum Gasteiger partial charge on any atom is -0.334 e. The third-order valence-electron chi connectivity index (χ3n) is 6.89. The average Bonchev–Trinajstić information content (AvgIpc) is 3.30. The molecule has 3 fully saturated rings. The van der Waals surface area contributed by atoms with Crippen molar-refractivity contribution in [3.05, 3.63) is 33.8 Å². The predicted octanol–water partition coefficient (Wildman–Crippen LogP) is 3.62. The molecule has 5 nitrogen and oxygen atoms in total. The van der Waals surface area contributed by atoms with E-state index in [0.717, 1.165) is 37.9 Å². The zero-order valence-electron chi connectivity index (χ0n) is 17.9. The summed E-state index contributed by atoms with van der Waals surface area (Å²) >= 11 is 12.2. The van der Waals surface area contributed by atoms with E-state index in [0.29, 0.717) is 29.2 Å². The van der Waals surface area contributed by atoms with Crippen molar-refractivity contribution in [2.45, 2.75) is 63.6 Å². The molecular weight excluding hydrogens is 433 g/mol. The molecule has 7 heteroatoms. The summed E-state index contributed by atoms with van der Waals surface area (Å²) in [6.07, 6.45) is 5.75. The minimum absolute atomic E-state index is 0.0125. The fraction of sp³-hybridized carbons (Fsp3) is 0.583. The van der Waals surface area contributed by atoms with Gasteiger partial charge in [0.1, 0.15) is 0 Å². The molecule has 1 aromatic carbocycles. The van der Waals surface area contributed by atoms with Gasteiger partial charge in [-0.05, 0) is 75.7 Å². The van der Waals surface area contributed by atoms with Crippen LogP contribution in [0.1, 0.15) is 44.6 Å². The molecule has 3 unspecified atom stereocenters. The molecule has 3 aliphatic rings. The number of hydrogen-bond donors (Lipinski definition) is 0. The monoisotopic (exact) mass is 461 g/mol. The standard InChI is InChI=1S/C24H29Cl2N3O2/c1-2-6-22(30)28-13-14-29(23(31)16-17-9-10-18(25)19(26)15-17)24-20(7-5-8-21(24)28)27-11-3-4-12-27/h9-10,15,20-21,24H,3-5,7-8,11-14,16H2,1H3. The van der Waals surface area contributed by atoms with Gasteiger partial charge in [0, 0.05) is 19.1 Å². The number of amides is 2. The molecule has 0 radical (unpaired) electrons. The Morgan fingerprint density at radius 2 is 1.68 bits per heavy atom. The van der Waals surface area contributed by atoms with E-state index in [1.807, 2.05) is 15.9 Å². The number of hydrogen-bond acceptors (Lipinski definition) is 3. The van der Waals surface area contributed by atoms with Gasteiger partial charge >= 0.3 is 0 Å². The summed E-state index contributed by atoms with van der Waals surface area (Å²) < 4.78 is 0. The van der Waals surface area contributed by atoms with Crippen molar-refractivity contribution in [1.82, 2.24) is 14.7 Å². The van der Waals surface area contributed by atoms with E-state index in [4.69, 9.17) is 23.2 Å². The molecule has 2 saturated heterocycles. The molecule has 31 heavy (non-hydrogen) atoms. The van der Waals surface area contributed by atoms with Crippen molar-refractivity contribution in [1.29, 1.82) is 0 Å². The van der Waals surface area contributed by atoms with E-state index in [1.54, 1.807) is 19.1 Å². The van der Waals surface area contributed by atoms with Gasteiger partial charge in [0.25, 0.3) is 5.91 Å². The zero-order valence-corrected chi connectivity index (χ0v) is 19.5. The average molecular weight is 462 g/mol. The Kier molecular flexibility index (Phi) is 7.11. The van der Waals surface area contributed by atoms with Gasteiger partial charge < -0.3 is 9.80 Å². The zero-order chi connectivity index (χ0) is 22.0. The number of piperazine rings is 1. The molecule has 166 valence electrons. The Morgan fingerprint density at radius 1 is 0.968 bits per heavy atom. The largest absolute Gasteiger partial charge is 0.334 e. The number of carbonyl (C=O) groups excluding carboxylic acids is 2. The first-order valence-corrected chi connectivity index (χ1v) is 12.0. The second-order valence-electron chi connectivity index (χ2n) is 8.69. The van der Waals surface area contributed by atoms with Crippen LogP contribution < -0.4 is 0 Å². The van der Waals surface area contributed by atoms with Crippen molar-refractivity contribution in [3.8, 4) is 11.8 Å². The highest BCUT2D eigenvalue weighted by Crippen LogP contribution is 2.35. The first-order chi connectivity index (χ1) is 15.0. The van der Waals surface area contributed by atoms with Crippen LogP contribution in [0, 0.1) is 11.8 Å². The lowest BCUT2D eigenvalue weighted by Crippen LogP contribution is -2.69. The molecule has 3 atom stereocenters. The fourth-order valence-electron chi connectivity index (χ4n) is 5.54. The molecule has 2 amide bonds. The molecule has 0 aromatic heterocycles. The van der Waals surface area contributed by atoms with Crippen molar-refractivity contribution >= 4 is 35.0 Å². The van der Waals surface area contributed by atoms with E-state index < -0.39 is 0 Å². The Bertz CT molecular complexity index is 904. The van der Waals surface area contributed by atoms with Crippen molar-refractivity contribution in [2.24, 2.45) is 0 Å². The lowest BCUT2D eigenvalue weighted by molar-refractivity contribution is -0.149. The van der Waals surface area contributed by atoms with Gasteiger partial charge in [0.05, 0.1) is 28.5 Å². The van der Waals surface area contributed by atoms with Crippen LogP contribution in [-0.4, -0.2) is 70.8 Å². The summed E-state index contributed by atoms with van der Waals surface area (Å²) in [6.45, 7) is 4.93. The van der Waals surface area contributed by atoms with Crippen molar-refractivity contribution in [2.75, 3.05) is 26.2 Å². The molecule has 0 bridgehead atoms. The van der Waals surface area contributed by atoms with Crippen LogP contribution in [0.25, 0.3) is 0 Å². The summed E-state index contributed by atoms with van der Waals surface area (Å²) in [6, 6.07) is 5.71. The summed E-state index contributed by atoms with van der Waals surface area (Å²) in [4.78, 5) is 32.7. The van der Waals surface area contributed by atoms with Gasteiger partial charge in [-0.15, -0.1) is 0 Å². The number of likely N-dealkylation sites (tertiary alicyclic amines) is 1. The highest BCUT2D eigenvalue weighted by Gasteiger charge is 2.48. The highest BCUT2D eigenvalue weighted by molar-refractivity contribution is 6.42. The highest BCUT2D eigenvalue weighted by atomic mass is 35.5. The lowest BCUT2D eigenvalue weighted by atomic mass is 9.81. The van der Waals surface area contributed by atoms with Crippen LogP contribution >= 0.6 is 23.2 Å². The molecular formula is C24H29Cl2N3O2. The molecule has 1 aliphatic carbocycles. The van der Waals surface area contributed by atoms with Gasteiger partial charge in [-0.3, -0.25) is 14.5 Å². The van der Waals surface area contributed by atoms with Crippen LogP contribution in [0.2, 0.25) is 10.0 Å². The summed E-state index contributed by atoms with van der Waals surface area (Å²) in [5.41, 5.74) is 0.861. The van der Waals surface area contributed by atoms with Gasteiger partial charge in [0.15, 0.2) is 0 Å². The van der Waals surface area contributed by atoms with Gasteiger partial charge in [0.2, 0.25) is 5.91 Å². The maximum Gasteiger partial charge on any atom is 0.298 e. The van der Waals surface area contributed by atoms with Gasteiger partial charge in [-0.2, -0.15) is 0 Å². The number of benzene rings is 1. The Balaban J connectivity index is 1.60. The molecule has 4 rings (SSSR count). The van der Waals surface area contributed by atoms with Gasteiger partial charge in [-0.1, -0.05) is 35.2 Å². The number of nitrogens with zero attached hydrogens (tertiary/aromatic N) is 3.